The van der Waals surface area contributed by atoms with E-state index in [2.05, 4.69) is 34.5 Å². The standard InChI is InChI=1S/C12H21N5O/c1-3-17(4-2)8-7-15-12(18)11-9-10(16-13)5-6-14-11/h5-6,9H,3-4,7-8,13H2,1-2H3,(H,14,16)(H,15,18). The molecule has 1 rings (SSSR count). The van der Waals surface area contributed by atoms with Crippen molar-refractivity contribution in [3.05, 3.63) is 24.0 Å². The zero-order valence-electron chi connectivity index (χ0n) is 10.9. The van der Waals surface area contributed by atoms with Crippen LogP contribution in [0.2, 0.25) is 0 Å². The average Bonchev–Trinajstić information content (AvgIpc) is 2.43. The third-order valence-electron chi connectivity index (χ3n) is 2.77. The number of carbonyl (C=O) groups is 1. The summed E-state index contributed by atoms with van der Waals surface area (Å²) in [4.78, 5) is 18.1. The highest BCUT2D eigenvalue weighted by molar-refractivity contribution is 5.93. The molecule has 100 valence electrons. The van der Waals surface area contributed by atoms with Gasteiger partial charge in [-0.2, -0.15) is 0 Å². The number of nitrogens with zero attached hydrogens (tertiary/aromatic N) is 2. The molecule has 0 aliphatic heterocycles. The second-order valence-corrected chi connectivity index (χ2v) is 3.86. The van der Waals surface area contributed by atoms with Crippen LogP contribution in [0.25, 0.3) is 0 Å². The van der Waals surface area contributed by atoms with Crippen molar-refractivity contribution in [3.8, 4) is 0 Å². The summed E-state index contributed by atoms with van der Waals surface area (Å²) in [6.07, 6.45) is 1.55. The van der Waals surface area contributed by atoms with E-state index in [0.29, 0.717) is 17.9 Å². The number of hydrazine groups is 1. The fourth-order valence-electron chi connectivity index (χ4n) is 1.60. The molecule has 0 radical (unpaired) electrons. The van der Waals surface area contributed by atoms with Crippen LogP contribution >= 0.6 is 0 Å². The summed E-state index contributed by atoms with van der Waals surface area (Å²) in [5.74, 6) is 5.10. The number of rotatable bonds is 7. The van der Waals surface area contributed by atoms with Crippen LogP contribution in [0, 0.1) is 0 Å². The summed E-state index contributed by atoms with van der Waals surface area (Å²) in [5, 5.41) is 2.84. The van der Waals surface area contributed by atoms with Crippen molar-refractivity contribution in [1.29, 1.82) is 0 Å². The van der Waals surface area contributed by atoms with Crippen LogP contribution in [0.5, 0.6) is 0 Å². The molecule has 1 aromatic rings. The molecule has 18 heavy (non-hydrogen) atoms. The number of hydrogen-bond donors (Lipinski definition) is 3. The van der Waals surface area contributed by atoms with Crippen molar-refractivity contribution in [3.63, 3.8) is 0 Å². The van der Waals surface area contributed by atoms with Gasteiger partial charge in [-0.15, -0.1) is 0 Å². The van der Waals surface area contributed by atoms with Crippen LogP contribution in [0.1, 0.15) is 24.3 Å². The van der Waals surface area contributed by atoms with E-state index in [1.54, 1.807) is 18.3 Å². The third kappa shape index (κ3) is 4.31. The minimum atomic E-state index is -0.181. The second kappa shape index (κ2) is 7.62. The second-order valence-electron chi connectivity index (χ2n) is 3.86. The maximum atomic E-state index is 11.8. The summed E-state index contributed by atoms with van der Waals surface area (Å²) in [6, 6.07) is 3.32. The van der Waals surface area contributed by atoms with E-state index in [4.69, 9.17) is 5.84 Å². The van der Waals surface area contributed by atoms with Crippen LogP contribution in [0.3, 0.4) is 0 Å². The van der Waals surface area contributed by atoms with Crippen LogP contribution in [0.15, 0.2) is 18.3 Å². The number of amides is 1. The minimum absolute atomic E-state index is 0.181. The molecule has 0 spiro atoms. The molecular weight excluding hydrogens is 230 g/mol. The van der Waals surface area contributed by atoms with Gasteiger partial charge in [0.25, 0.3) is 5.91 Å². The molecule has 6 heteroatoms. The van der Waals surface area contributed by atoms with Gasteiger partial charge in [0, 0.05) is 19.3 Å². The summed E-state index contributed by atoms with van der Waals surface area (Å²) in [7, 11) is 0. The first-order chi connectivity index (χ1) is 8.71. The van der Waals surface area contributed by atoms with Crippen molar-refractivity contribution in [2.24, 2.45) is 5.84 Å². The molecule has 4 N–H and O–H groups in total. The zero-order valence-corrected chi connectivity index (χ0v) is 10.9. The quantitative estimate of drug-likeness (QED) is 0.484. The Morgan fingerprint density at radius 3 is 2.78 bits per heavy atom. The van der Waals surface area contributed by atoms with E-state index in [1.807, 2.05) is 0 Å². The van der Waals surface area contributed by atoms with Gasteiger partial charge in [0.2, 0.25) is 0 Å². The maximum Gasteiger partial charge on any atom is 0.269 e. The predicted octanol–water partition coefficient (Wildman–Crippen LogP) is 0.439. The number of nitrogen functional groups attached to an aromatic ring is 1. The van der Waals surface area contributed by atoms with E-state index < -0.39 is 0 Å². The van der Waals surface area contributed by atoms with Crippen molar-refractivity contribution >= 4 is 11.6 Å². The number of carbonyl (C=O) groups excluding carboxylic acids is 1. The Hall–Kier alpha value is -1.66. The summed E-state index contributed by atoms with van der Waals surface area (Å²) < 4.78 is 0. The van der Waals surface area contributed by atoms with Gasteiger partial charge in [-0.1, -0.05) is 13.8 Å². The Bertz CT molecular complexity index is 378. The van der Waals surface area contributed by atoms with Crippen molar-refractivity contribution in [2.75, 3.05) is 31.6 Å². The van der Waals surface area contributed by atoms with E-state index in [0.717, 1.165) is 19.6 Å². The lowest BCUT2D eigenvalue weighted by Gasteiger charge is -2.17. The van der Waals surface area contributed by atoms with E-state index in [1.165, 1.54) is 0 Å². The van der Waals surface area contributed by atoms with Crippen LogP contribution in [-0.4, -0.2) is 42.0 Å². The fourth-order valence-corrected chi connectivity index (χ4v) is 1.60. The van der Waals surface area contributed by atoms with Crippen molar-refractivity contribution in [2.45, 2.75) is 13.8 Å². The molecule has 0 aromatic carbocycles. The largest absolute Gasteiger partial charge is 0.349 e. The Kier molecular flexibility index (Phi) is 6.10. The van der Waals surface area contributed by atoms with Crippen molar-refractivity contribution in [1.82, 2.24) is 15.2 Å². The van der Waals surface area contributed by atoms with Gasteiger partial charge in [-0.3, -0.25) is 15.6 Å². The number of likely N-dealkylation sites (N-methyl/N-ethyl adjacent to an activating group) is 1. The van der Waals surface area contributed by atoms with Gasteiger partial charge in [-0.25, -0.2) is 0 Å². The highest BCUT2D eigenvalue weighted by Gasteiger charge is 2.07. The topological polar surface area (TPSA) is 83.3 Å². The lowest BCUT2D eigenvalue weighted by atomic mass is 10.3. The third-order valence-corrected chi connectivity index (χ3v) is 2.77. The van der Waals surface area contributed by atoms with Gasteiger partial charge in [0.05, 0.1) is 5.69 Å². The molecule has 0 bridgehead atoms. The molecule has 0 aliphatic rings. The molecule has 1 aromatic heterocycles. The lowest BCUT2D eigenvalue weighted by molar-refractivity contribution is 0.0944. The molecule has 1 amide bonds. The molecule has 0 atom stereocenters. The number of aromatic nitrogens is 1. The average molecular weight is 251 g/mol. The number of nitrogens with two attached hydrogens (primary N) is 1. The Labute approximate surface area is 108 Å². The molecule has 6 nitrogen and oxygen atoms in total. The van der Waals surface area contributed by atoms with E-state index >= 15 is 0 Å². The summed E-state index contributed by atoms with van der Waals surface area (Å²) in [5.41, 5.74) is 3.52. The van der Waals surface area contributed by atoms with Gasteiger partial charge < -0.3 is 15.6 Å². The fraction of sp³-hybridized carbons (Fsp3) is 0.500. The number of pyridine rings is 1. The predicted molar refractivity (Wildman–Crippen MR) is 72.2 cm³/mol. The molecule has 0 saturated carbocycles. The maximum absolute atomic E-state index is 11.8. The molecule has 1 heterocycles. The van der Waals surface area contributed by atoms with Gasteiger partial charge in [0.1, 0.15) is 5.69 Å². The molecule has 0 saturated heterocycles. The first-order valence-electron chi connectivity index (χ1n) is 6.14. The highest BCUT2D eigenvalue weighted by atomic mass is 16.1. The van der Waals surface area contributed by atoms with Crippen LogP contribution < -0.4 is 16.6 Å². The first-order valence-corrected chi connectivity index (χ1v) is 6.14. The first kappa shape index (κ1) is 14.4. The molecular formula is C12H21N5O. The Morgan fingerprint density at radius 1 is 1.44 bits per heavy atom. The summed E-state index contributed by atoms with van der Waals surface area (Å²) >= 11 is 0. The lowest BCUT2D eigenvalue weighted by Crippen LogP contribution is -2.35. The number of hydrogen-bond acceptors (Lipinski definition) is 5. The molecule has 0 aliphatic carbocycles. The molecule has 0 unspecified atom stereocenters. The minimum Gasteiger partial charge on any atom is -0.349 e. The monoisotopic (exact) mass is 251 g/mol. The highest BCUT2D eigenvalue weighted by Crippen LogP contribution is 2.05. The normalized spacial score (nSPS) is 10.4. The van der Waals surface area contributed by atoms with Crippen LogP contribution in [0.4, 0.5) is 5.69 Å². The zero-order chi connectivity index (χ0) is 13.4. The van der Waals surface area contributed by atoms with Crippen molar-refractivity contribution < 1.29 is 4.79 Å². The Morgan fingerprint density at radius 2 is 2.17 bits per heavy atom. The van der Waals surface area contributed by atoms with E-state index in [-0.39, 0.29) is 5.91 Å². The Balaban J connectivity index is 2.45. The molecule has 0 fully saturated rings. The number of anilines is 1. The summed E-state index contributed by atoms with van der Waals surface area (Å²) in [6.45, 7) is 7.62. The van der Waals surface area contributed by atoms with E-state index in [9.17, 15) is 4.79 Å². The SMILES string of the molecule is CCN(CC)CCNC(=O)c1cc(NN)ccn1. The van der Waals surface area contributed by atoms with Gasteiger partial charge in [0.15, 0.2) is 0 Å². The van der Waals surface area contributed by atoms with Gasteiger partial charge in [-0.05, 0) is 25.2 Å². The number of nitrogens with one attached hydrogen (secondary N) is 2. The van der Waals surface area contributed by atoms with Gasteiger partial charge >= 0.3 is 0 Å². The van der Waals surface area contributed by atoms with Crippen LogP contribution in [-0.2, 0) is 0 Å². The smallest absolute Gasteiger partial charge is 0.269 e.